The summed E-state index contributed by atoms with van der Waals surface area (Å²) in [5.41, 5.74) is 1.71. The van der Waals surface area contributed by atoms with E-state index in [2.05, 4.69) is 5.32 Å². The molecule has 0 spiro atoms. The first-order valence-electron chi connectivity index (χ1n) is 7.65. The number of hydrogen-bond acceptors (Lipinski definition) is 4. The molecule has 0 radical (unpaired) electrons. The molecule has 1 amide bonds. The number of fused-ring (bicyclic) bond motifs is 1. The lowest BCUT2D eigenvalue weighted by atomic mass is 10.1. The highest BCUT2D eigenvalue weighted by atomic mass is 16.5. The van der Waals surface area contributed by atoms with E-state index in [0.717, 1.165) is 11.3 Å². The zero-order valence-electron chi connectivity index (χ0n) is 13.5. The van der Waals surface area contributed by atoms with Crippen LogP contribution in [-0.4, -0.2) is 12.5 Å². The van der Waals surface area contributed by atoms with Crippen LogP contribution in [0.4, 0.5) is 5.69 Å². The lowest BCUT2D eigenvalue weighted by molar-refractivity contribution is 0.0997. The third kappa shape index (κ3) is 3.30. The zero-order chi connectivity index (χ0) is 17.1. The third-order valence-corrected chi connectivity index (χ3v) is 3.53. The van der Waals surface area contributed by atoms with Crippen LogP contribution in [-0.2, 0) is 0 Å². The van der Waals surface area contributed by atoms with Crippen LogP contribution >= 0.6 is 0 Å². The first-order valence-corrected chi connectivity index (χ1v) is 7.65. The van der Waals surface area contributed by atoms with Crippen molar-refractivity contribution >= 4 is 22.6 Å². The van der Waals surface area contributed by atoms with Gasteiger partial charge in [0, 0.05) is 11.8 Å². The van der Waals surface area contributed by atoms with Gasteiger partial charge < -0.3 is 14.5 Å². The molecular formula is C19H17NO4. The van der Waals surface area contributed by atoms with E-state index in [9.17, 15) is 9.59 Å². The van der Waals surface area contributed by atoms with Crippen LogP contribution in [0, 0.1) is 6.92 Å². The maximum atomic E-state index is 12.3. The van der Waals surface area contributed by atoms with Gasteiger partial charge in [-0.05, 0) is 55.8 Å². The average molecular weight is 323 g/mol. The van der Waals surface area contributed by atoms with Gasteiger partial charge in [-0.25, -0.2) is 0 Å². The Kier molecular flexibility index (Phi) is 4.33. The van der Waals surface area contributed by atoms with Crippen LogP contribution in [0.1, 0.15) is 23.0 Å². The Hall–Kier alpha value is -3.08. The van der Waals surface area contributed by atoms with Crippen LogP contribution in [0.2, 0.25) is 0 Å². The Morgan fingerprint density at radius 1 is 1.12 bits per heavy atom. The number of carbonyl (C=O) groups is 1. The van der Waals surface area contributed by atoms with Gasteiger partial charge in [-0.2, -0.15) is 0 Å². The number of benzene rings is 2. The highest BCUT2D eigenvalue weighted by molar-refractivity contribution is 6.03. The van der Waals surface area contributed by atoms with Crippen molar-refractivity contribution in [1.29, 1.82) is 0 Å². The fourth-order valence-corrected chi connectivity index (χ4v) is 2.37. The minimum absolute atomic E-state index is 0.0213. The van der Waals surface area contributed by atoms with Crippen molar-refractivity contribution in [3.05, 3.63) is 70.1 Å². The Morgan fingerprint density at radius 2 is 1.88 bits per heavy atom. The molecule has 0 saturated carbocycles. The van der Waals surface area contributed by atoms with Gasteiger partial charge >= 0.3 is 0 Å². The van der Waals surface area contributed by atoms with Gasteiger partial charge in [0.1, 0.15) is 11.3 Å². The van der Waals surface area contributed by atoms with E-state index >= 15 is 0 Å². The molecule has 24 heavy (non-hydrogen) atoms. The first kappa shape index (κ1) is 15.8. The summed E-state index contributed by atoms with van der Waals surface area (Å²) < 4.78 is 10.9. The minimum Gasteiger partial charge on any atom is -0.494 e. The summed E-state index contributed by atoms with van der Waals surface area (Å²) in [7, 11) is 0. The fraction of sp³-hybridized carbons (Fsp3) is 0.158. The molecule has 0 saturated heterocycles. The predicted molar refractivity (Wildman–Crippen MR) is 92.8 cm³/mol. The molecule has 122 valence electrons. The summed E-state index contributed by atoms with van der Waals surface area (Å²) in [5.74, 6) is 0.231. The molecule has 0 atom stereocenters. The molecular weight excluding hydrogens is 306 g/mol. The van der Waals surface area contributed by atoms with E-state index in [-0.39, 0.29) is 11.2 Å². The minimum atomic E-state index is -0.473. The number of amides is 1. The number of carbonyl (C=O) groups excluding carboxylic acids is 1. The first-order chi connectivity index (χ1) is 11.6. The number of ether oxygens (including phenoxy) is 1. The van der Waals surface area contributed by atoms with E-state index in [1.54, 1.807) is 36.4 Å². The second-order valence-corrected chi connectivity index (χ2v) is 5.39. The van der Waals surface area contributed by atoms with E-state index in [1.165, 1.54) is 6.07 Å². The van der Waals surface area contributed by atoms with E-state index in [0.29, 0.717) is 23.3 Å². The maximum absolute atomic E-state index is 12.3. The molecule has 1 aromatic heterocycles. The van der Waals surface area contributed by atoms with Crippen molar-refractivity contribution in [1.82, 2.24) is 0 Å². The summed E-state index contributed by atoms with van der Waals surface area (Å²) in [6.45, 7) is 4.37. The van der Waals surface area contributed by atoms with E-state index < -0.39 is 5.91 Å². The predicted octanol–water partition coefficient (Wildman–Crippen LogP) is 3.75. The number of hydrogen-bond donors (Lipinski definition) is 1. The standard InChI is InChI=1S/C19H17NO4/c1-3-23-14-7-5-13(6-8-14)20-19(22)18-11-16(21)15-9-4-12(2)10-17(15)24-18/h4-11H,3H2,1-2H3,(H,20,22). The quantitative estimate of drug-likeness (QED) is 0.794. The average Bonchev–Trinajstić information content (AvgIpc) is 2.56. The van der Waals surface area contributed by atoms with Crippen LogP contribution in [0.5, 0.6) is 5.75 Å². The number of rotatable bonds is 4. The second-order valence-electron chi connectivity index (χ2n) is 5.39. The monoisotopic (exact) mass is 323 g/mol. The van der Waals surface area contributed by atoms with Crippen molar-refractivity contribution < 1.29 is 13.9 Å². The van der Waals surface area contributed by atoms with Crippen LogP contribution in [0.15, 0.2) is 57.7 Å². The van der Waals surface area contributed by atoms with Gasteiger partial charge in [0.25, 0.3) is 5.91 Å². The molecule has 0 bridgehead atoms. The summed E-state index contributed by atoms with van der Waals surface area (Å²) in [6.07, 6.45) is 0. The normalized spacial score (nSPS) is 10.6. The summed E-state index contributed by atoms with van der Waals surface area (Å²) >= 11 is 0. The molecule has 1 N–H and O–H groups in total. The Bertz CT molecular complexity index is 942. The lowest BCUT2D eigenvalue weighted by Crippen LogP contribution is -2.15. The van der Waals surface area contributed by atoms with Gasteiger partial charge in [0.2, 0.25) is 0 Å². The lowest BCUT2D eigenvalue weighted by Gasteiger charge is -2.07. The fourth-order valence-electron chi connectivity index (χ4n) is 2.37. The zero-order valence-corrected chi connectivity index (χ0v) is 13.5. The summed E-state index contributed by atoms with van der Waals surface area (Å²) in [4.78, 5) is 24.5. The molecule has 3 rings (SSSR count). The summed E-state index contributed by atoms with van der Waals surface area (Å²) in [5, 5.41) is 3.16. The highest BCUT2D eigenvalue weighted by Gasteiger charge is 2.13. The number of anilines is 1. The SMILES string of the molecule is CCOc1ccc(NC(=O)c2cc(=O)c3ccc(C)cc3o2)cc1. The van der Waals surface area contributed by atoms with E-state index in [1.807, 2.05) is 19.9 Å². The molecule has 0 aliphatic carbocycles. The highest BCUT2D eigenvalue weighted by Crippen LogP contribution is 2.18. The summed E-state index contributed by atoms with van der Waals surface area (Å²) in [6, 6.07) is 13.5. The Labute approximate surface area is 138 Å². The van der Waals surface area contributed by atoms with Crippen molar-refractivity contribution in [2.45, 2.75) is 13.8 Å². The Morgan fingerprint density at radius 3 is 2.58 bits per heavy atom. The van der Waals surface area contributed by atoms with Crippen LogP contribution < -0.4 is 15.5 Å². The van der Waals surface area contributed by atoms with Crippen molar-refractivity contribution in [2.75, 3.05) is 11.9 Å². The van der Waals surface area contributed by atoms with E-state index in [4.69, 9.17) is 9.15 Å². The molecule has 1 heterocycles. The molecule has 5 nitrogen and oxygen atoms in total. The van der Waals surface area contributed by atoms with Crippen LogP contribution in [0.3, 0.4) is 0 Å². The molecule has 0 aliphatic rings. The molecule has 2 aromatic carbocycles. The van der Waals surface area contributed by atoms with Crippen molar-refractivity contribution in [3.8, 4) is 5.75 Å². The number of aryl methyl sites for hydroxylation is 1. The number of nitrogens with one attached hydrogen (secondary N) is 1. The second kappa shape index (κ2) is 6.58. The van der Waals surface area contributed by atoms with Crippen LogP contribution in [0.25, 0.3) is 11.0 Å². The largest absolute Gasteiger partial charge is 0.494 e. The molecule has 5 heteroatoms. The van der Waals surface area contributed by atoms with Crippen molar-refractivity contribution in [2.24, 2.45) is 0 Å². The molecule has 0 aliphatic heterocycles. The van der Waals surface area contributed by atoms with Gasteiger partial charge in [-0.15, -0.1) is 0 Å². The topological polar surface area (TPSA) is 68.5 Å². The molecule has 0 unspecified atom stereocenters. The smallest absolute Gasteiger partial charge is 0.291 e. The van der Waals surface area contributed by atoms with Gasteiger partial charge in [-0.1, -0.05) is 6.07 Å². The third-order valence-electron chi connectivity index (χ3n) is 3.53. The molecule has 0 fully saturated rings. The molecule has 3 aromatic rings. The van der Waals surface area contributed by atoms with Gasteiger partial charge in [0.05, 0.1) is 12.0 Å². The van der Waals surface area contributed by atoms with Crippen molar-refractivity contribution in [3.63, 3.8) is 0 Å². The maximum Gasteiger partial charge on any atom is 0.291 e. The van der Waals surface area contributed by atoms with Gasteiger partial charge in [0.15, 0.2) is 11.2 Å². The Balaban J connectivity index is 1.87. The van der Waals surface area contributed by atoms with Gasteiger partial charge in [-0.3, -0.25) is 9.59 Å².